The molecule has 0 fully saturated rings. The standard InChI is InChI=1S/C12H14N2S/c1-4-9(13-2)11-8-6-5-7-10(8)15-12(11)14-3/h4H,1,3,5-7H2,2H3. The summed E-state index contributed by atoms with van der Waals surface area (Å²) in [6, 6.07) is 0. The maximum atomic E-state index is 4.25. The Bertz CT molecular complexity index is 441. The summed E-state index contributed by atoms with van der Waals surface area (Å²) < 4.78 is 0. The van der Waals surface area contributed by atoms with Crippen LogP contribution < -0.4 is 0 Å². The average molecular weight is 218 g/mol. The number of thiophene rings is 1. The maximum absolute atomic E-state index is 4.25. The molecule has 0 aromatic carbocycles. The number of fused-ring (bicyclic) bond motifs is 1. The zero-order valence-corrected chi connectivity index (χ0v) is 9.73. The molecule has 0 saturated carbocycles. The summed E-state index contributed by atoms with van der Waals surface area (Å²) in [7, 11) is 1.79. The fourth-order valence-electron chi connectivity index (χ4n) is 2.07. The fraction of sp³-hybridized carbons (Fsp3) is 0.333. The van der Waals surface area contributed by atoms with Gasteiger partial charge in [0.15, 0.2) is 0 Å². The van der Waals surface area contributed by atoms with Crippen LogP contribution in [0.5, 0.6) is 0 Å². The number of aryl methyl sites for hydroxylation is 1. The molecule has 0 unspecified atom stereocenters. The van der Waals surface area contributed by atoms with Gasteiger partial charge in [-0.2, -0.15) is 0 Å². The fourth-order valence-corrected chi connectivity index (χ4v) is 3.27. The van der Waals surface area contributed by atoms with E-state index in [2.05, 4.69) is 23.3 Å². The minimum absolute atomic E-state index is 0.941. The lowest BCUT2D eigenvalue weighted by molar-refractivity contribution is 0.914. The van der Waals surface area contributed by atoms with Crippen LogP contribution in [0.15, 0.2) is 22.6 Å². The molecule has 2 nitrogen and oxygen atoms in total. The van der Waals surface area contributed by atoms with Crippen molar-refractivity contribution in [2.24, 2.45) is 9.98 Å². The maximum Gasteiger partial charge on any atom is 0.125 e. The zero-order chi connectivity index (χ0) is 10.8. The molecule has 0 atom stereocenters. The summed E-state index contributed by atoms with van der Waals surface area (Å²) in [5.41, 5.74) is 3.53. The van der Waals surface area contributed by atoms with Crippen molar-refractivity contribution >= 4 is 28.8 Å². The first-order valence-corrected chi connectivity index (χ1v) is 5.84. The molecule has 0 saturated heterocycles. The quantitative estimate of drug-likeness (QED) is 0.696. The van der Waals surface area contributed by atoms with Gasteiger partial charge in [-0.25, -0.2) is 0 Å². The Morgan fingerprint density at radius 1 is 1.47 bits per heavy atom. The van der Waals surface area contributed by atoms with Gasteiger partial charge in [-0.3, -0.25) is 9.98 Å². The molecule has 78 valence electrons. The van der Waals surface area contributed by atoms with E-state index in [1.165, 1.54) is 28.8 Å². The van der Waals surface area contributed by atoms with Gasteiger partial charge in [-0.1, -0.05) is 6.58 Å². The van der Waals surface area contributed by atoms with E-state index in [0.717, 1.165) is 17.1 Å². The van der Waals surface area contributed by atoms with E-state index < -0.39 is 0 Å². The second-order valence-corrected chi connectivity index (χ2v) is 4.59. The molecule has 0 N–H and O–H groups in total. The Hall–Kier alpha value is -1.22. The van der Waals surface area contributed by atoms with Crippen molar-refractivity contribution in [2.45, 2.75) is 19.3 Å². The molecule has 1 aliphatic carbocycles. The third kappa shape index (κ3) is 1.57. The number of aliphatic imine (C=N–C) groups is 2. The van der Waals surface area contributed by atoms with Crippen LogP contribution in [0.25, 0.3) is 0 Å². The van der Waals surface area contributed by atoms with Crippen LogP contribution in [0.2, 0.25) is 0 Å². The van der Waals surface area contributed by atoms with Gasteiger partial charge in [0.25, 0.3) is 0 Å². The van der Waals surface area contributed by atoms with Crippen LogP contribution in [-0.4, -0.2) is 19.5 Å². The predicted molar refractivity (Wildman–Crippen MR) is 68.2 cm³/mol. The summed E-state index contributed by atoms with van der Waals surface area (Å²) in [6.07, 6.45) is 5.37. The van der Waals surface area contributed by atoms with Gasteiger partial charge in [0.2, 0.25) is 0 Å². The molecule has 2 rings (SSSR count). The number of rotatable bonds is 3. The summed E-state index contributed by atoms with van der Waals surface area (Å²) in [5.74, 6) is 0. The van der Waals surface area contributed by atoms with Crippen molar-refractivity contribution in [1.82, 2.24) is 0 Å². The first-order valence-electron chi connectivity index (χ1n) is 5.02. The summed E-state index contributed by atoms with van der Waals surface area (Å²) in [4.78, 5) is 9.80. The number of hydrogen-bond acceptors (Lipinski definition) is 3. The van der Waals surface area contributed by atoms with Crippen molar-refractivity contribution < 1.29 is 0 Å². The van der Waals surface area contributed by atoms with Crippen LogP contribution in [0.1, 0.15) is 22.4 Å². The minimum Gasteiger partial charge on any atom is -0.288 e. The first-order chi connectivity index (χ1) is 7.31. The zero-order valence-electron chi connectivity index (χ0n) is 8.92. The highest BCUT2D eigenvalue weighted by Crippen LogP contribution is 2.40. The van der Waals surface area contributed by atoms with E-state index in [9.17, 15) is 0 Å². The van der Waals surface area contributed by atoms with Gasteiger partial charge < -0.3 is 0 Å². The van der Waals surface area contributed by atoms with Crippen molar-refractivity contribution in [3.05, 3.63) is 28.7 Å². The Kier molecular flexibility index (Phi) is 2.82. The summed E-state index contributed by atoms with van der Waals surface area (Å²) in [6.45, 7) is 7.43. The summed E-state index contributed by atoms with van der Waals surface area (Å²) in [5, 5.41) is 1.00. The molecule has 15 heavy (non-hydrogen) atoms. The van der Waals surface area contributed by atoms with Crippen molar-refractivity contribution in [2.75, 3.05) is 7.05 Å². The Morgan fingerprint density at radius 3 is 2.87 bits per heavy atom. The topological polar surface area (TPSA) is 24.7 Å². The van der Waals surface area contributed by atoms with Gasteiger partial charge in [-0.05, 0) is 37.6 Å². The van der Waals surface area contributed by atoms with Crippen LogP contribution in [0, 0.1) is 0 Å². The summed E-state index contributed by atoms with van der Waals surface area (Å²) >= 11 is 1.75. The second kappa shape index (κ2) is 4.11. The monoisotopic (exact) mass is 218 g/mol. The van der Waals surface area contributed by atoms with Gasteiger partial charge in [-0.15, -0.1) is 11.3 Å². The number of hydrogen-bond donors (Lipinski definition) is 0. The average Bonchev–Trinajstić information content (AvgIpc) is 2.81. The van der Waals surface area contributed by atoms with Crippen LogP contribution >= 0.6 is 11.3 Å². The van der Waals surface area contributed by atoms with E-state index in [-0.39, 0.29) is 0 Å². The lowest BCUT2D eigenvalue weighted by atomic mass is 10.1. The third-order valence-corrected chi connectivity index (χ3v) is 3.96. The van der Waals surface area contributed by atoms with Crippen LogP contribution in [0.4, 0.5) is 5.00 Å². The van der Waals surface area contributed by atoms with E-state index in [0.29, 0.717) is 0 Å². The molecule has 0 amide bonds. The van der Waals surface area contributed by atoms with Crippen molar-refractivity contribution in [3.63, 3.8) is 0 Å². The normalized spacial score (nSPS) is 15.1. The van der Waals surface area contributed by atoms with E-state index in [1.54, 1.807) is 24.5 Å². The van der Waals surface area contributed by atoms with Crippen LogP contribution in [0.3, 0.4) is 0 Å². The predicted octanol–water partition coefficient (Wildman–Crippen LogP) is 3.17. The van der Waals surface area contributed by atoms with E-state index >= 15 is 0 Å². The highest BCUT2D eigenvalue weighted by atomic mass is 32.1. The Balaban J connectivity index is 2.62. The SMILES string of the molecule is C=CC(=NC)c1c(N=C)sc2c1CCC2. The minimum atomic E-state index is 0.941. The van der Waals surface area contributed by atoms with Gasteiger partial charge >= 0.3 is 0 Å². The van der Waals surface area contributed by atoms with Gasteiger partial charge in [0.1, 0.15) is 5.00 Å². The molecule has 1 aromatic heterocycles. The van der Waals surface area contributed by atoms with Crippen molar-refractivity contribution in [3.8, 4) is 0 Å². The third-order valence-electron chi connectivity index (χ3n) is 2.74. The largest absolute Gasteiger partial charge is 0.288 e. The molecule has 1 heterocycles. The molecule has 0 spiro atoms. The van der Waals surface area contributed by atoms with Gasteiger partial charge in [0.05, 0.1) is 5.71 Å². The lowest BCUT2D eigenvalue weighted by Gasteiger charge is -2.02. The Morgan fingerprint density at radius 2 is 2.27 bits per heavy atom. The molecule has 0 radical (unpaired) electrons. The van der Waals surface area contributed by atoms with Crippen molar-refractivity contribution in [1.29, 1.82) is 0 Å². The van der Waals surface area contributed by atoms with Gasteiger partial charge in [0, 0.05) is 17.5 Å². The molecular formula is C12H14N2S. The number of allylic oxidation sites excluding steroid dienone is 1. The molecule has 0 aliphatic heterocycles. The lowest BCUT2D eigenvalue weighted by Crippen LogP contribution is -1.98. The second-order valence-electron chi connectivity index (χ2n) is 3.51. The Labute approximate surface area is 94.1 Å². The molecule has 0 bridgehead atoms. The first kappa shape index (κ1) is 10.3. The molecule has 1 aromatic rings. The molecule has 1 aliphatic rings. The van der Waals surface area contributed by atoms with E-state index in [4.69, 9.17) is 0 Å². The number of nitrogens with zero attached hydrogens (tertiary/aromatic N) is 2. The van der Waals surface area contributed by atoms with E-state index in [1.807, 2.05) is 0 Å². The molecule has 3 heteroatoms. The molecular weight excluding hydrogens is 204 g/mol. The highest BCUT2D eigenvalue weighted by Gasteiger charge is 2.23. The van der Waals surface area contributed by atoms with Crippen LogP contribution in [-0.2, 0) is 12.8 Å². The smallest absolute Gasteiger partial charge is 0.125 e. The highest BCUT2D eigenvalue weighted by molar-refractivity contribution is 7.16.